The molecule has 1 heterocycles. The Morgan fingerprint density at radius 1 is 1.32 bits per heavy atom. The Labute approximate surface area is 127 Å². The van der Waals surface area contributed by atoms with Gasteiger partial charge >= 0.3 is 0 Å². The molecule has 0 aliphatic rings. The van der Waals surface area contributed by atoms with Crippen LogP contribution in [-0.2, 0) is 11.5 Å². The number of aromatic nitrogens is 1. The van der Waals surface area contributed by atoms with Crippen molar-refractivity contribution in [2.75, 3.05) is 7.11 Å². The Kier molecular flexibility index (Phi) is 4.30. The van der Waals surface area contributed by atoms with Crippen LogP contribution >= 0.6 is 22.6 Å². The minimum atomic E-state index is -0.0720. The fraction of sp³-hybridized carbons (Fsp3) is 0.400. The molecule has 0 radical (unpaired) electrons. The number of ether oxygens (including phenoxy) is 1. The van der Waals surface area contributed by atoms with E-state index in [2.05, 4.69) is 77.2 Å². The molecule has 0 aliphatic carbocycles. The van der Waals surface area contributed by atoms with Gasteiger partial charge in [-0.2, -0.15) is 0 Å². The van der Waals surface area contributed by atoms with Gasteiger partial charge in [0.05, 0.1) is 16.7 Å². The molecule has 0 saturated carbocycles. The van der Waals surface area contributed by atoms with Crippen LogP contribution in [0.15, 0.2) is 29.3 Å². The average molecular weight is 370 g/mol. The van der Waals surface area contributed by atoms with Gasteiger partial charge in [-0.3, -0.25) is 4.99 Å². The fourth-order valence-corrected chi connectivity index (χ4v) is 2.82. The molecular formula is C15H19IN2O. The summed E-state index contributed by atoms with van der Waals surface area (Å²) in [4.78, 5) is 4.62. The van der Waals surface area contributed by atoms with Crippen LogP contribution in [0, 0.1) is 3.57 Å². The molecule has 1 aromatic carbocycles. The zero-order chi connectivity index (χ0) is 14.0. The number of halogens is 1. The normalized spacial score (nSPS) is 12.7. The molecule has 2 aromatic rings. The van der Waals surface area contributed by atoms with Crippen molar-refractivity contribution in [2.45, 2.75) is 33.0 Å². The summed E-state index contributed by atoms with van der Waals surface area (Å²) in [6.07, 6.45) is 1.96. The first-order valence-corrected chi connectivity index (χ1v) is 7.33. The summed E-state index contributed by atoms with van der Waals surface area (Å²) >= 11 is 2.38. The maximum atomic E-state index is 5.32. The number of methoxy groups -OCH3 is 1. The van der Waals surface area contributed by atoms with Crippen LogP contribution in [0.3, 0.4) is 0 Å². The standard InChI is InChI=1S/C15H19IN2O/c1-15(2,3)17-9-13-14(16)11-7-5-6-8-12(11)18(13)10-19-4/h5-9H,10H2,1-4H3. The summed E-state index contributed by atoms with van der Waals surface area (Å²) in [6.45, 7) is 6.83. The third-order valence-electron chi connectivity index (χ3n) is 2.78. The van der Waals surface area contributed by atoms with Gasteiger partial charge < -0.3 is 9.30 Å². The summed E-state index contributed by atoms with van der Waals surface area (Å²) in [5, 5.41) is 1.25. The predicted molar refractivity (Wildman–Crippen MR) is 89.0 cm³/mol. The molecule has 3 nitrogen and oxygen atoms in total. The number of fused-ring (bicyclic) bond motifs is 1. The van der Waals surface area contributed by atoms with Crippen LogP contribution < -0.4 is 0 Å². The highest BCUT2D eigenvalue weighted by atomic mass is 127. The minimum absolute atomic E-state index is 0.0720. The first kappa shape index (κ1) is 14.5. The molecule has 0 bridgehead atoms. The first-order chi connectivity index (χ1) is 8.94. The smallest absolute Gasteiger partial charge is 0.123 e. The van der Waals surface area contributed by atoms with Crippen molar-refractivity contribution in [3.63, 3.8) is 0 Å². The van der Waals surface area contributed by atoms with Crippen LogP contribution in [-0.4, -0.2) is 23.4 Å². The summed E-state index contributed by atoms with van der Waals surface area (Å²) < 4.78 is 8.70. The predicted octanol–water partition coefficient (Wildman–Crippen LogP) is 4.07. The van der Waals surface area contributed by atoms with Gasteiger partial charge in [0.1, 0.15) is 6.73 Å². The number of nitrogens with zero attached hydrogens (tertiary/aromatic N) is 2. The molecule has 0 aliphatic heterocycles. The third kappa shape index (κ3) is 3.17. The van der Waals surface area contributed by atoms with Crippen molar-refractivity contribution in [2.24, 2.45) is 4.99 Å². The van der Waals surface area contributed by atoms with E-state index in [1.165, 1.54) is 14.5 Å². The third-order valence-corrected chi connectivity index (χ3v) is 3.91. The van der Waals surface area contributed by atoms with E-state index in [-0.39, 0.29) is 5.54 Å². The second-order valence-electron chi connectivity index (χ2n) is 5.49. The molecule has 102 valence electrons. The molecule has 0 spiro atoms. The number of aliphatic imine (C=N–C) groups is 1. The number of para-hydroxylation sites is 1. The van der Waals surface area contributed by atoms with Gasteiger partial charge in [-0.25, -0.2) is 0 Å². The highest BCUT2D eigenvalue weighted by Gasteiger charge is 2.14. The van der Waals surface area contributed by atoms with E-state index in [1.807, 2.05) is 6.21 Å². The van der Waals surface area contributed by atoms with Crippen LogP contribution in [0.1, 0.15) is 26.5 Å². The summed E-state index contributed by atoms with van der Waals surface area (Å²) in [7, 11) is 1.71. The van der Waals surface area contributed by atoms with Crippen LogP contribution in [0.2, 0.25) is 0 Å². The Hall–Kier alpha value is -0.880. The quantitative estimate of drug-likeness (QED) is 0.591. The van der Waals surface area contributed by atoms with Crippen LogP contribution in [0.25, 0.3) is 10.9 Å². The Morgan fingerprint density at radius 2 is 2.00 bits per heavy atom. The maximum absolute atomic E-state index is 5.32. The van der Waals surface area contributed by atoms with Gasteiger partial charge in [-0.05, 0) is 49.4 Å². The zero-order valence-electron chi connectivity index (χ0n) is 11.8. The number of hydrogen-bond acceptors (Lipinski definition) is 2. The van der Waals surface area contributed by atoms with Crippen molar-refractivity contribution in [3.8, 4) is 0 Å². The van der Waals surface area contributed by atoms with Gasteiger partial charge in [0.25, 0.3) is 0 Å². The topological polar surface area (TPSA) is 26.5 Å². The lowest BCUT2D eigenvalue weighted by molar-refractivity contribution is 0.134. The van der Waals surface area contributed by atoms with Crippen LogP contribution in [0.4, 0.5) is 0 Å². The van der Waals surface area contributed by atoms with Gasteiger partial charge in [0.2, 0.25) is 0 Å². The molecule has 0 fully saturated rings. The lowest BCUT2D eigenvalue weighted by atomic mass is 10.1. The number of rotatable bonds is 3. The Morgan fingerprint density at radius 3 is 2.63 bits per heavy atom. The molecule has 1 aromatic heterocycles. The van der Waals surface area contributed by atoms with Crippen LogP contribution in [0.5, 0.6) is 0 Å². The van der Waals surface area contributed by atoms with Gasteiger partial charge in [0, 0.05) is 22.3 Å². The maximum Gasteiger partial charge on any atom is 0.123 e. The molecule has 19 heavy (non-hydrogen) atoms. The van der Waals surface area contributed by atoms with E-state index in [0.29, 0.717) is 6.73 Å². The average Bonchev–Trinajstić information content (AvgIpc) is 2.61. The SMILES string of the molecule is COCn1c(C=NC(C)(C)C)c(I)c2ccccc21. The summed E-state index contributed by atoms with van der Waals surface area (Å²) in [5.74, 6) is 0. The molecule has 0 unspecified atom stereocenters. The molecule has 4 heteroatoms. The molecule has 0 N–H and O–H groups in total. The lowest BCUT2D eigenvalue weighted by Gasteiger charge is -2.12. The second kappa shape index (κ2) is 5.63. The van der Waals surface area contributed by atoms with E-state index in [0.717, 1.165) is 5.69 Å². The van der Waals surface area contributed by atoms with Crippen molar-refractivity contribution in [1.82, 2.24) is 4.57 Å². The molecular weight excluding hydrogens is 351 g/mol. The van der Waals surface area contributed by atoms with Crippen molar-refractivity contribution in [3.05, 3.63) is 33.5 Å². The molecule has 2 rings (SSSR count). The molecule has 0 saturated heterocycles. The Bertz CT molecular complexity index is 608. The van der Waals surface area contributed by atoms with Gasteiger partial charge in [0.15, 0.2) is 0 Å². The monoisotopic (exact) mass is 370 g/mol. The number of benzene rings is 1. The van der Waals surface area contributed by atoms with E-state index in [1.54, 1.807) is 7.11 Å². The minimum Gasteiger partial charge on any atom is -0.364 e. The molecule has 0 atom stereocenters. The first-order valence-electron chi connectivity index (χ1n) is 6.25. The number of hydrogen-bond donors (Lipinski definition) is 0. The van der Waals surface area contributed by atoms with E-state index in [9.17, 15) is 0 Å². The van der Waals surface area contributed by atoms with E-state index in [4.69, 9.17) is 4.74 Å². The fourth-order valence-electron chi connectivity index (χ4n) is 1.93. The summed E-state index contributed by atoms with van der Waals surface area (Å²) in [5.41, 5.74) is 2.22. The summed E-state index contributed by atoms with van der Waals surface area (Å²) in [6, 6.07) is 8.37. The zero-order valence-corrected chi connectivity index (χ0v) is 13.9. The lowest BCUT2D eigenvalue weighted by Crippen LogP contribution is -2.12. The van der Waals surface area contributed by atoms with Crippen molar-refractivity contribution < 1.29 is 4.74 Å². The van der Waals surface area contributed by atoms with Crippen molar-refractivity contribution in [1.29, 1.82) is 0 Å². The van der Waals surface area contributed by atoms with Crippen molar-refractivity contribution >= 4 is 39.7 Å². The highest BCUT2D eigenvalue weighted by Crippen LogP contribution is 2.27. The molecule has 0 amide bonds. The Balaban J connectivity index is 2.61. The van der Waals surface area contributed by atoms with Gasteiger partial charge in [-0.1, -0.05) is 18.2 Å². The van der Waals surface area contributed by atoms with Gasteiger partial charge in [-0.15, -0.1) is 0 Å². The van der Waals surface area contributed by atoms with E-state index >= 15 is 0 Å². The van der Waals surface area contributed by atoms with E-state index < -0.39 is 0 Å². The largest absolute Gasteiger partial charge is 0.364 e. The highest BCUT2D eigenvalue weighted by molar-refractivity contribution is 14.1. The second-order valence-corrected chi connectivity index (χ2v) is 6.57.